The lowest BCUT2D eigenvalue weighted by Gasteiger charge is -2.26. The zero-order valence-electron chi connectivity index (χ0n) is 18.9. The number of anilines is 2. The van der Waals surface area contributed by atoms with Crippen LogP contribution >= 0.6 is 11.8 Å². The molecule has 1 N–H and O–H groups in total. The third kappa shape index (κ3) is 5.06. The van der Waals surface area contributed by atoms with Gasteiger partial charge in [-0.1, -0.05) is 61.5 Å². The second-order valence-electron chi connectivity index (χ2n) is 7.81. The van der Waals surface area contributed by atoms with Crippen molar-refractivity contribution < 1.29 is 14.3 Å². The molecular weight excluding hydrogens is 432 g/mol. The van der Waals surface area contributed by atoms with Crippen molar-refractivity contribution in [3.63, 3.8) is 0 Å². The van der Waals surface area contributed by atoms with Gasteiger partial charge in [-0.3, -0.25) is 14.5 Å². The van der Waals surface area contributed by atoms with E-state index in [-0.39, 0.29) is 23.1 Å². The van der Waals surface area contributed by atoms with Crippen molar-refractivity contribution in [1.29, 1.82) is 0 Å². The van der Waals surface area contributed by atoms with E-state index in [0.29, 0.717) is 24.5 Å². The SMILES string of the molecule is CCOc1ccccc1N1C(=O)CS[C@@H]1c1cccc(NC(=O)[C@@H](CC)c2ccccc2)c1. The first-order chi connectivity index (χ1) is 16.1. The second kappa shape index (κ2) is 10.6. The highest BCUT2D eigenvalue weighted by Gasteiger charge is 2.35. The van der Waals surface area contributed by atoms with Gasteiger partial charge in [0.1, 0.15) is 11.1 Å². The molecule has 1 aliphatic heterocycles. The third-order valence-corrected chi connectivity index (χ3v) is 6.87. The molecule has 1 fully saturated rings. The van der Waals surface area contributed by atoms with Gasteiger partial charge in [0, 0.05) is 5.69 Å². The van der Waals surface area contributed by atoms with E-state index in [1.54, 1.807) is 16.7 Å². The first-order valence-electron chi connectivity index (χ1n) is 11.2. The molecule has 0 aromatic heterocycles. The van der Waals surface area contributed by atoms with Gasteiger partial charge in [-0.15, -0.1) is 11.8 Å². The lowest BCUT2D eigenvalue weighted by Crippen LogP contribution is -2.28. The standard InChI is InChI=1S/C27H28N2O3S/c1-3-22(19-11-6-5-7-12-19)26(31)28-21-14-10-13-20(17-21)27-29(25(30)18-33-27)23-15-8-9-16-24(23)32-4-2/h5-17,22,27H,3-4,18H2,1-2H3,(H,28,31)/t22-,27+/m0/s1. The number of carbonyl (C=O) groups excluding carboxylic acids is 2. The maximum Gasteiger partial charge on any atom is 0.238 e. The van der Waals surface area contributed by atoms with Gasteiger partial charge in [0.25, 0.3) is 0 Å². The Labute approximate surface area is 199 Å². The van der Waals surface area contributed by atoms with E-state index in [1.165, 1.54) is 0 Å². The summed E-state index contributed by atoms with van der Waals surface area (Å²) in [4.78, 5) is 27.7. The highest BCUT2D eigenvalue weighted by molar-refractivity contribution is 8.00. The molecule has 33 heavy (non-hydrogen) atoms. The monoisotopic (exact) mass is 460 g/mol. The number of amides is 2. The van der Waals surface area contributed by atoms with Crippen molar-refractivity contribution in [1.82, 2.24) is 0 Å². The van der Waals surface area contributed by atoms with Crippen molar-refractivity contribution in [3.8, 4) is 5.75 Å². The van der Waals surface area contributed by atoms with Gasteiger partial charge in [0.2, 0.25) is 11.8 Å². The van der Waals surface area contributed by atoms with Gasteiger partial charge >= 0.3 is 0 Å². The molecule has 4 rings (SSSR count). The largest absolute Gasteiger partial charge is 0.492 e. The number of benzene rings is 3. The van der Waals surface area contributed by atoms with Crippen LogP contribution in [-0.2, 0) is 9.59 Å². The Morgan fingerprint density at radius 3 is 2.58 bits per heavy atom. The number of nitrogens with zero attached hydrogens (tertiary/aromatic N) is 1. The average Bonchev–Trinajstić information content (AvgIpc) is 3.22. The zero-order valence-corrected chi connectivity index (χ0v) is 19.7. The number of rotatable bonds is 8. The predicted octanol–water partition coefficient (Wildman–Crippen LogP) is 6.00. The lowest BCUT2D eigenvalue weighted by molar-refractivity contribution is -0.118. The van der Waals surface area contributed by atoms with E-state index in [4.69, 9.17) is 4.74 Å². The Morgan fingerprint density at radius 2 is 1.82 bits per heavy atom. The van der Waals surface area contributed by atoms with E-state index >= 15 is 0 Å². The number of hydrogen-bond acceptors (Lipinski definition) is 4. The molecule has 2 atom stereocenters. The number of hydrogen-bond donors (Lipinski definition) is 1. The molecule has 6 heteroatoms. The van der Waals surface area contributed by atoms with Crippen molar-refractivity contribution in [2.24, 2.45) is 0 Å². The summed E-state index contributed by atoms with van der Waals surface area (Å²) in [5.74, 6) is 0.884. The number of para-hydroxylation sites is 2. The minimum atomic E-state index is -0.216. The Balaban J connectivity index is 1.58. The molecule has 1 heterocycles. The van der Waals surface area contributed by atoms with Gasteiger partial charge < -0.3 is 10.1 Å². The molecule has 3 aromatic rings. The summed E-state index contributed by atoms with van der Waals surface area (Å²) >= 11 is 1.58. The Morgan fingerprint density at radius 1 is 1.06 bits per heavy atom. The highest BCUT2D eigenvalue weighted by atomic mass is 32.2. The van der Waals surface area contributed by atoms with E-state index in [1.807, 2.05) is 92.7 Å². The van der Waals surface area contributed by atoms with Crippen LogP contribution in [-0.4, -0.2) is 24.2 Å². The van der Waals surface area contributed by atoms with Gasteiger partial charge in [-0.05, 0) is 48.7 Å². The maximum absolute atomic E-state index is 13.0. The quantitative estimate of drug-likeness (QED) is 0.448. The Hall–Kier alpha value is -3.25. The topological polar surface area (TPSA) is 58.6 Å². The van der Waals surface area contributed by atoms with Crippen LogP contribution in [0.5, 0.6) is 5.75 Å². The Kier molecular flexibility index (Phi) is 7.35. The maximum atomic E-state index is 13.0. The van der Waals surface area contributed by atoms with E-state index in [0.717, 1.165) is 22.5 Å². The molecular formula is C27H28N2O3S. The van der Waals surface area contributed by atoms with E-state index in [9.17, 15) is 9.59 Å². The zero-order chi connectivity index (χ0) is 23.2. The summed E-state index contributed by atoms with van der Waals surface area (Å²) < 4.78 is 5.78. The van der Waals surface area contributed by atoms with Gasteiger partial charge in [-0.25, -0.2) is 0 Å². The summed E-state index contributed by atoms with van der Waals surface area (Å²) in [6, 6.07) is 25.2. The fourth-order valence-corrected chi connectivity index (χ4v) is 5.28. The fraction of sp³-hybridized carbons (Fsp3) is 0.259. The molecule has 2 amide bonds. The summed E-state index contributed by atoms with van der Waals surface area (Å²) in [7, 11) is 0. The van der Waals surface area contributed by atoms with Crippen LogP contribution in [0.25, 0.3) is 0 Å². The molecule has 3 aromatic carbocycles. The smallest absolute Gasteiger partial charge is 0.238 e. The summed E-state index contributed by atoms with van der Waals surface area (Å²) in [6.07, 6.45) is 0.713. The molecule has 1 aliphatic rings. The van der Waals surface area contributed by atoms with Gasteiger partial charge in [0.15, 0.2) is 0 Å². The highest BCUT2D eigenvalue weighted by Crippen LogP contribution is 2.45. The summed E-state index contributed by atoms with van der Waals surface area (Å²) in [5, 5.41) is 2.89. The third-order valence-electron chi connectivity index (χ3n) is 5.66. The van der Waals surface area contributed by atoms with E-state index < -0.39 is 0 Å². The average molecular weight is 461 g/mol. The minimum absolute atomic E-state index is 0.0328. The predicted molar refractivity (Wildman–Crippen MR) is 135 cm³/mol. The summed E-state index contributed by atoms with van der Waals surface area (Å²) in [5.41, 5.74) is 3.46. The number of carbonyl (C=O) groups is 2. The van der Waals surface area contributed by atoms with E-state index in [2.05, 4.69) is 5.32 Å². The molecule has 170 valence electrons. The van der Waals surface area contributed by atoms with Gasteiger partial charge in [0.05, 0.1) is 24.0 Å². The first kappa shape index (κ1) is 22.9. The van der Waals surface area contributed by atoms with Crippen LogP contribution in [0.2, 0.25) is 0 Å². The summed E-state index contributed by atoms with van der Waals surface area (Å²) in [6.45, 7) is 4.47. The van der Waals surface area contributed by atoms with Crippen LogP contribution in [0, 0.1) is 0 Å². The van der Waals surface area contributed by atoms with Crippen LogP contribution in [0.1, 0.15) is 42.7 Å². The molecule has 0 radical (unpaired) electrons. The van der Waals surface area contributed by atoms with Crippen molar-refractivity contribution in [3.05, 3.63) is 90.0 Å². The second-order valence-corrected chi connectivity index (χ2v) is 8.88. The van der Waals surface area contributed by atoms with Crippen LogP contribution in [0.4, 0.5) is 11.4 Å². The van der Waals surface area contributed by atoms with Crippen molar-refractivity contribution in [2.45, 2.75) is 31.6 Å². The molecule has 1 saturated heterocycles. The fourth-order valence-electron chi connectivity index (χ4n) is 4.12. The molecule has 0 saturated carbocycles. The van der Waals surface area contributed by atoms with Gasteiger partial charge in [-0.2, -0.15) is 0 Å². The first-order valence-corrected chi connectivity index (χ1v) is 12.3. The van der Waals surface area contributed by atoms with Crippen LogP contribution in [0.3, 0.4) is 0 Å². The van der Waals surface area contributed by atoms with Crippen LogP contribution < -0.4 is 15.0 Å². The van der Waals surface area contributed by atoms with Crippen LogP contribution in [0.15, 0.2) is 78.9 Å². The molecule has 0 unspecified atom stereocenters. The molecule has 0 spiro atoms. The number of ether oxygens (including phenoxy) is 1. The lowest BCUT2D eigenvalue weighted by atomic mass is 9.95. The molecule has 0 bridgehead atoms. The number of thioether (sulfide) groups is 1. The molecule has 0 aliphatic carbocycles. The Bertz CT molecular complexity index is 1120. The van der Waals surface area contributed by atoms with Crippen molar-refractivity contribution >= 4 is 35.0 Å². The number of nitrogens with one attached hydrogen (secondary N) is 1. The van der Waals surface area contributed by atoms with Crippen molar-refractivity contribution in [2.75, 3.05) is 22.6 Å². The normalized spacial score (nSPS) is 16.5. The minimum Gasteiger partial charge on any atom is -0.492 e. The molecule has 5 nitrogen and oxygen atoms in total.